The topological polar surface area (TPSA) is 46.2 Å². The number of imide groups is 1. The van der Waals surface area contributed by atoms with E-state index in [1.807, 2.05) is 32.0 Å². The standard InChI is InChI=1S/C11H13NO2/c1-8-4-3-5-9(2)10(8)6-11(14)12-7-13/h3-5,7H,6H2,1-2H3,(H,12,13,14). The maximum absolute atomic E-state index is 11.2. The molecule has 1 aromatic carbocycles. The molecule has 0 aromatic heterocycles. The first-order valence-electron chi connectivity index (χ1n) is 4.43. The number of rotatable bonds is 3. The second kappa shape index (κ2) is 4.56. The molecule has 0 heterocycles. The number of benzene rings is 1. The summed E-state index contributed by atoms with van der Waals surface area (Å²) in [5.41, 5.74) is 3.14. The van der Waals surface area contributed by atoms with E-state index in [4.69, 9.17) is 0 Å². The Morgan fingerprint density at radius 3 is 2.43 bits per heavy atom. The molecule has 14 heavy (non-hydrogen) atoms. The Bertz CT molecular complexity index is 338. The number of nitrogens with one attached hydrogen (secondary N) is 1. The summed E-state index contributed by atoms with van der Waals surface area (Å²) in [5, 5.41) is 2.13. The van der Waals surface area contributed by atoms with E-state index in [2.05, 4.69) is 5.32 Å². The zero-order chi connectivity index (χ0) is 10.6. The zero-order valence-corrected chi connectivity index (χ0v) is 8.33. The van der Waals surface area contributed by atoms with Crippen LogP contribution in [0.5, 0.6) is 0 Å². The highest BCUT2D eigenvalue weighted by atomic mass is 16.2. The molecule has 0 bridgehead atoms. The van der Waals surface area contributed by atoms with Gasteiger partial charge in [0.2, 0.25) is 12.3 Å². The monoisotopic (exact) mass is 191 g/mol. The van der Waals surface area contributed by atoms with E-state index in [0.717, 1.165) is 16.7 Å². The first kappa shape index (κ1) is 10.4. The van der Waals surface area contributed by atoms with Crippen molar-refractivity contribution in [2.45, 2.75) is 20.3 Å². The Hall–Kier alpha value is -1.64. The maximum atomic E-state index is 11.2. The lowest BCUT2D eigenvalue weighted by Crippen LogP contribution is -2.23. The van der Waals surface area contributed by atoms with Crippen molar-refractivity contribution in [3.8, 4) is 0 Å². The minimum absolute atomic E-state index is 0.261. The summed E-state index contributed by atoms with van der Waals surface area (Å²) in [4.78, 5) is 21.2. The molecule has 1 rings (SSSR count). The number of aryl methyl sites for hydroxylation is 2. The first-order chi connectivity index (χ1) is 6.65. The van der Waals surface area contributed by atoms with E-state index in [9.17, 15) is 9.59 Å². The molecule has 0 spiro atoms. The maximum Gasteiger partial charge on any atom is 0.230 e. The Labute approximate surface area is 83.1 Å². The van der Waals surface area contributed by atoms with Crippen LogP contribution in [0.25, 0.3) is 0 Å². The minimum Gasteiger partial charge on any atom is -0.299 e. The molecule has 1 N–H and O–H groups in total. The third kappa shape index (κ3) is 2.42. The lowest BCUT2D eigenvalue weighted by molar-refractivity contribution is -0.124. The molecular formula is C11H13NO2. The van der Waals surface area contributed by atoms with E-state index in [0.29, 0.717) is 6.41 Å². The van der Waals surface area contributed by atoms with Gasteiger partial charge in [-0.2, -0.15) is 0 Å². The summed E-state index contributed by atoms with van der Waals surface area (Å²) in [6.07, 6.45) is 0.674. The van der Waals surface area contributed by atoms with Gasteiger partial charge in [-0.25, -0.2) is 0 Å². The zero-order valence-electron chi connectivity index (χ0n) is 8.33. The van der Waals surface area contributed by atoms with Crippen LogP contribution in [0.15, 0.2) is 18.2 Å². The van der Waals surface area contributed by atoms with Crippen molar-refractivity contribution in [1.29, 1.82) is 0 Å². The van der Waals surface area contributed by atoms with Gasteiger partial charge in [-0.1, -0.05) is 18.2 Å². The average molecular weight is 191 g/mol. The highest BCUT2D eigenvalue weighted by molar-refractivity contribution is 5.87. The Morgan fingerprint density at radius 2 is 1.93 bits per heavy atom. The molecule has 0 aliphatic rings. The summed E-state index contributed by atoms with van der Waals surface area (Å²) in [6, 6.07) is 5.86. The molecular weight excluding hydrogens is 178 g/mol. The smallest absolute Gasteiger partial charge is 0.230 e. The number of hydrogen-bond donors (Lipinski definition) is 1. The summed E-state index contributed by atoms with van der Waals surface area (Å²) in [5.74, 6) is -0.266. The summed E-state index contributed by atoms with van der Waals surface area (Å²) >= 11 is 0. The lowest BCUT2D eigenvalue weighted by atomic mass is 10.00. The molecule has 74 valence electrons. The minimum atomic E-state index is -0.266. The fourth-order valence-corrected chi connectivity index (χ4v) is 1.41. The van der Waals surface area contributed by atoms with Crippen LogP contribution in [0.2, 0.25) is 0 Å². The van der Waals surface area contributed by atoms with Crippen LogP contribution in [0.1, 0.15) is 16.7 Å². The van der Waals surface area contributed by atoms with Gasteiger partial charge in [0, 0.05) is 0 Å². The predicted molar refractivity (Wildman–Crippen MR) is 53.8 cm³/mol. The van der Waals surface area contributed by atoms with Gasteiger partial charge in [0.1, 0.15) is 0 Å². The molecule has 0 saturated heterocycles. The largest absolute Gasteiger partial charge is 0.299 e. The molecule has 0 fully saturated rings. The molecule has 0 aliphatic carbocycles. The predicted octanol–water partition coefficient (Wildman–Crippen LogP) is 1.12. The van der Waals surface area contributed by atoms with Gasteiger partial charge in [-0.05, 0) is 30.5 Å². The normalized spacial score (nSPS) is 9.57. The van der Waals surface area contributed by atoms with Crippen LogP contribution in [-0.2, 0) is 16.0 Å². The number of carbonyl (C=O) groups is 2. The van der Waals surface area contributed by atoms with Crippen molar-refractivity contribution in [2.24, 2.45) is 0 Å². The molecule has 3 heteroatoms. The fraction of sp³-hybridized carbons (Fsp3) is 0.273. The molecule has 1 aromatic rings. The number of hydrogen-bond acceptors (Lipinski definition) is 2. The van der Waals surface area contributed by atoms with Gasteiger partial charge in [0.15, 0.2) is 0 Å². The quantitative estimate of drug-likeness (QED) is 0.728. The third-order valence-electron chi connectivity index (χ3n) is 2.20. The molecule has 0 unspecified atom stereocenters. The Morgan fingerprint density at radius 1 is 1.36 bits per heavy atom. The van der Waals surface area contributed by atoms with Crippen molar-refractivity contribution < 1.29 is 9.59 Å². The first-order valence-corrected chi connectivity index (χ1v) is 4.43. The Kier molecular flexibility index (Phi) is 3.40. The molecule has 0 radical (unpaired) electrons. The number of amides is 2. The van der Waals surface area contributed by atoms with Crippen LogP contribution < -0.4 is 5.32 Å². The summed E-state index contributed by atoms with van der Waals surface area (Å²) in [7, 11) is 0. The van der Waals surface area contributed by atoms with Gasteiger partial charge in [0.05, 0.1) is 6.42 Å². The molecule has 3 nitrogen and oxygen atoms in total. The van der Waals surface area contributed by atoms with E-state index in [1.165, 1.54) is 0 Å². The van der Waals surface area contributed by atoms with Crippen molar-refractivity contribution in [3.63, 3.8) is 0 Å². The number of carbonyl (C=O) groups excluding carboxylic acids is 2. The second-order valence-corrected chi connectivity index (χ2v) is 3.23. The van der Waals surface area contributed by atoms with E-state index < -0.39 is 0 Å². The fourth-order valence-electron chi connectivity index (χ4n) is 1.41. The van der Waals surface area contributed by atoms with Crippen LogP contribution in [-0.4, -0.2) is 12.3 Å². The third-order valence-corrected chi connectivity index (χ3v) is 2.20. The van der Waals surface area contributed by atoms with Gasteiger partial charge in [-0.3, -0.25) is 14.9 Å². The van der Waals surface area contributed by atoms with Crippen LogP contribution in [0.3, 0.4) is 0 Å². The molecule has 2 amide bonds. The van der Waals surface area contributed by atoms with E-state index in [-0.39, 0.29) is 12.3 Å². The molecule has 0 atom stereocenters. The van der Waals surface area contributed by atoms with Crippen LogP contribution in [0.4, 0.5) is 0 Å². The average Bonchev–Trinajstić information content (AvgIpc) is 2.12. The van der Waals surface area contributed by atoms with Crippen LogP contribution in [0, 0.1) is 13.8 Å². The highest BCUT2D eigenvalue weighted by Gasteiger charge is 2.06. The van der Waals surface area contributed by atoms with Gasteiger partial charge < -0.3 is 0 Å². The SMILES string of the molecule is Cc1cccc(C)c1CC(=O)NC=O. The summed E-state index contributed by atoms with van der Waals surface area (Å²) in [6.45, 7) is 3.91. The molecule has 0 saturated carbocycles. The van der Waals surface area contributed by atoms with E-state index in [1.54, 1.807) is 0 Å². The van der Waals surface area contributed by atoms with Crippen molar-refractivity contribution in [1.82, 2.24) is 5.32 Å². The highest BCUT2D eigenvalue weighted by Crippen LogP contribution is 2.13. The van der Waals surface area contributed by atoms with Gasteiger partial charge >= 0.3 is 0 Å². The Balaban J connectivity index is 2.85. The van der Waals surface area contributed by atoms with E-state index >= 15 is 0 Å². The van der Waals surface area contributed by atoms with Gasteiger partial charge in [0.25, 0.3) is 0 Å². The van der Waals surface area contributed by atoms with Crippen molar-refractivity contribution in [2.75, 3.05) is 0 Å². The molecule has 0 aliphatic heterocycles. The van der Waals surface area contributed by atoms with Crippen molar-refractivity contribution >= 4 is 12.3 Å². The van der Waals surface area contributed by atoms with Crippen molar-refractivity contribution in [3.05, 3.63) is 34.9 Å². The summed E-state index contributed by atoms with van der Waals surface area (Å²) < 4.78 is 0. The second-order valence-electron chi connectivity index (χ2n) is 3.23. The van der Waals surface area contributed by atoms with Gasteiger partial charge in [-0.15, -0.1) is 0 Å². The lowest BCUT2D eigenvalue weighted by Gasteiger charge is -2.07. The van der Waals surface area contributed by atoms with Crippen LogP contribution >= 0.6 is 0 Å².